The molecular weight excluding hydrogens is 366 g/mol. The van der Waals surface area contributed by atoms with Gasteiger partial charge in [0.1, 0.15) is 11.6 Å². The van der Waals surface area contributed by atoms with Crippen molar-refractivity contribution in [2.45, 2.75) is 5.41 Å². The lowest BCUT2D eigenvalue weighted by Crippen LogP contribution is -2.29. The van der Waals surface area contributed by atoms with E-state index in [0.29, 0.717) is 11.4 Å². The average molecular weight is 384 g/mol. The van der Waals surface area contributed by atoms with Gasteiger partial charge in [0.05, 0.1) is 5.41 Å². The van der Waals surface area contributed by atoms with Crippen molar-refractivity contribution in [3.8, 4) is 11.1 Å². The molecule has 0 saturated heterocycles. The number of fused-ring (bicyclic) bond motifs is 3. The van der Waals surface area contributed by atoms with E-state index in [1.54, 1.807) is 24.3 Å². The number of nitrogens with two attached hydrogens (primary N) is 2. The highest BCUT2D eigenvalue weighted by molar-refractivity contribution is 5.86. The van der Waals surface area contributed by atoms with Crippen LogP contribution in [0.25, 0.3) is 11.1 Å². The van der Waals surface area contributed by atoms with Gasteiger partial charge in [-0.05, 0) is 81.9 Å². The van der Waals surface area contributed by atoms with E-state index in [2.05, 4.69) is 0 Å². The van der Waals surface area contributed by atoms with Crippen molar-refractivity contribution >= 4 is 11.4 Å². The van der Waals surface area contributed by atoms with E-state index in [1.807, 2.05) is 48.5 Å². The van der Waals surface area contributed by atoms with Gasteiger partial charge in [0, 0.05) is 11.4 Å². The van der Waals surface area contributed by atoms with Crippen molar-refractivity contribution in [3.05, 3.63) is 119 Å². The van der Waals surface area contributed by atoms with Gasteiger partial charge in [-0.3, -0.25) is 0 Å². The quantitative estimate of drug-likeness (QED) is 0.395. The maximum absolute atomic E-state index is 14.5. The Balaban J connectivity index is 1.97. The summed E-state index contributed by atoms with van der Waals surface area (Å²) in [6, 6.07) is 24.4. The van der Waals surface area contributed by atoms with Crippen molar-refractivity contribution in [1.82, 2.24) is 0 Å². The van der Waals surface area contributed by atoms with E-state index in [9.17, 15) is 8.78 Å². The lowest BCUT2D eigenvalue weighted by atomic mass is 9.67. The standard InChI is InChI=1S/C25H18F2N2/c26-17-5-11-21-22-12-6-18(27)14-24(22)25(23(21)13-17,15-1-7-19(28)8-2-15)16-3-9-20(29)10-4-16/h1-14H,28-29H2. The highest BCUT2D eigenvalue weighted by Gasteiger charge is 2.46. The molecule has 0 bridgehead atoms. The summed E-state index contributed by atoms with van der Waals surface area (Å²) in [5.41, 5.74) is 17.3. The van der Waals surface area contributed by atoms with Crippen LogP contribution in [0.2, 0.25) is 0 Å². The fraction of sp³-hybridized carbons (Fsp3) is 0.0400. The fourth-order valence-electron chi connectivity index (χ4n) is 4.52. The van der Waals surface area contributed by atoms with E-state index in [1.165, 1.54) is 12.1 Å². The van der Waals surface area contributed by atoms with Gasteiger partial charge < -0.3 is 11.5 Å². The fourth-order valence-corrected chi connectivity index (χ4v) is 4.52. The Morgan fingerprint density at radius 2 is 0.897 bits per heavy atom. The molecule has 0 aliphatic heterocycles. The Morgan fingerprint density at radius 1 is 0.517 bits per heavy atom. The Bertz CT molecular complexity index is 1130. The van der Waals surface area contributed by atoms with Gasteiger partial charge in [0.2, 0.25) is 0 Å². The lowest BCUT2D eigenvalue weighted by Gasteiger charge is -2.34. The number of halogens is 2. The second-order valence-electron chi connectivity index (χ2n) is 7.37. The van der Waals surface area contributed by atoms with E-state index < -0.39 is 5.41 Å². The minimum Gasteiger partial charge on any atom is -0.399 e. The third-order valence-electron chi connectivity index (χ3n) is 5.75. The number of anilines is 2. The molecule has 0 fully saturated rings. The van der Waals surface area contributed by atoms with Gasteiger partial charge in [-0.25, -0.2) is 8.78 Å². The van der Waals surface area contributed by atoms with Crippen LogP contribution in [0.15, 0.2) is 84.9 Å². The molecular formula is C25H18F2N2. The number of nitrogen functional groups attached to an aromatic ring is 2. The Morgan fingerprint density at radius 3 is 1.28 bits per heavy atom. The molecule has 0 aromatic heterocycles. The molecule has 0 heterocycles. The molecule has 29 heavy (non-hydrogen) atoms. The van der Waals surface area contributed by atoms with Gasteiger partial charge in [0.25, 0.3) is 0 Å². The van der Waals surface area contributed by atoms with Crippen molar-refractivity contribution in [2.75, 3.05) is 11.5 Å². The van der Waals surface area contributed by atoms with Crippen LogP contribution >= 0.6 is 0 Å². The van der Waals surface area contributed by atoms with E-state index in [4.69, 9.17) is 11.5 Å². The summed E-state index contributed by atoms with van der Waals surface area (Å²) < 4.78 is 28.9. The van der Waals surface area contributed by atoms with Crippen LogP contribution in [0.5, 0.6) is 0 Å². The lowest BCUT2D eigenvalue weighted by molar-refractivity contribution is 0.616. The molecule has 4 aromatic rings. The first-order valence-corrected chi connectivity index (χ1v) is 9.32. The third-order valence-corrected chi connectivity index (χ3v) is 5.75. The third kappa shape index (κ3) is 2.46. The van der Waals surface area contributed by atoms with Crippen LogP contribution in [-0.4, -0.2) is 0 Å². The zero-order chi connectivity index (χ0) is 20.2. The molecule has 4 heteroatoms. The van der Waals surface area contributed by atoms with Gasteiger partial charge in [-0.2, -0.15) is 0 Å². The smallest absolute Gasteiger partial charge is 0.123 e. The molecule has 4 aromatic carbocycles. The van der Waals surface area contributed by atoms with Gasteiger partial charge in [-0.15, -0.1) is 0 Å². The van der Waals surface area contributed by atoms with Crippen molar-refractivity contribution in [3.63, 3.8) is 0 Å². The van der Waals surface area contributed by atoms with Crippen LogP contribution in [0.1, 0.15) is 22.3 Å². The summed E-state index contributed by atoms with van der Waals surface area (Å²) in [6.07, 6.45) is 0. The SMILES string of the molecule is Nc1ccc(C2(c3ccc(N)cc3)c3cc(F)ccc3-c3ccc(F)cc32)cc1. The summed E-state index contributed by atoms with van der Waals surface area (Å²) in [5.74, 6) is -0.681. The summed E-state index contributed by atoms with van der Waals surface area (Å²) in [4.78, 5) is 0. The van der Waals surface area contributed by atoms with Crippen LogP contribution in [0.4, 0.5) is 20.2 Å². The van der Waals surface area contributed by atoms with Gasteiger partial charge >= 0.3 is 0 Å². The number of benzene rings is 4. The van der Waals surface area contributed by atoms with E-state index in [0.717, 1.165) is 33.4 Å². The monoisotopic (exact) mass is 384 g/mol. The summed E-state index contributed by atoms with van der Waals surface area (Å²) >= 11 is 0. The molecule has 2 nitrogen and oxygen atoms in total. The van der Waals surface area contributed by atoms with E-state index in [-0.39, 0.29) is 11.6 Å². The summed E-state index contributed by atoms with van der Waals surface area (Å²) in [6.45, 7) is 0. The molecule has 0 radical (unpaired) electrons. The second-order valence-corrected chi connectivity index (χ2v) is 7.37. The average Bonchev–Trinajstić information content (AvgIpc) is 2.99. The van der Waals surface area contributed by atoms with E-state index >= 15 is 0 Å². The highest BCUT2D eigenvalue weighted by Crippen LogP contribution is 2.56. The number of hydrogen-bond donors (Lipinski definition) is 2. The molecule has 0 unspecified atom stereocenters. The predicted molar refractivity (Wildman–Crippen MR) is 112 cm³/mol. The Labute approximate surface area is 167 Å². The molecule has 0 atom stereocenters. The van der Waals surface area contributed by atoms with Gasteiger partial charge in [-0.1, -0.05) is 36.4 Å². The predicted octanol–water partition coefficient (Wildman–Crippen LogP) is 5.49. The second kappa shape index (κ2) is 6.17. The molecule has 0 amide bonds. The van der Waals surface area contributed by atoms with Crippen LogP contribution in [-0.2, 0) is 5.41 Å². The Kier molecular flexibility index (Phi) is 3.71. The normalized spacial score (nSPS) is 13.7. The minimum absolute atomic E-state index is 0.340. The first kappa shape index (κ1) is 17.4. The molecule has 1 aliphatic rings. The van der Waals surface area contributed by atoms with Crippen LogP contribution in [0, 0.1) is 11.6 Å². The van der Waals surface area contributed by atoms with Crippen LogP contribution < -0.4 is 11.5 Å². The molecule has 0 saturated carbocycles. The molecule has 5 rings (SSSR count). The first-order valence-electron chi connectivity index (χ1n) is 9.32. The Hall–Kier alpha value is -3.66. The van der Waals surface area contributed by atoms with Gasteiger partial charge in [0.15, 0.2) is 0 Å². The summed E-state index contributed by atoms with van der Waals surface area (Å²) in [5, 5.41) is 0. The maximum Gasteiger partial charge on any atom is 0.123 e. The minimum atomic E-state index is -0.879. The number of hydrogen-bond acceptors (Lipinski definition) is 2. The highest BCUT2D eigenvalue weighted by atomic mass is 19.1. The molecule has 142 valence electrons. The molecule has 0 spiro atoms. The van der Waals surface area contributed by atoms with Crippen LogP contribution in [0.3, 0.4) is 0 Å². The topological polar surface area (TPSA) is 52.0 Å². The van der Waals surface area contributed by atoms with Crippen molar-refractivity contribution < 1.29 is 8.78 Å². The largest absolute Gasteiger partial charge is 0.399 e. The first-order chi connectivity index (χ1) is 14.0. The zero-order valence-electron chi connectivity index (χ0n) is 15.5. The number of rotatable bonds is 2. The zero-order valence-corrected chi connectivity index (χ0v) is 15.5. The van der Waals surface area contributed by atoms with Crippen molar-refractivity contribution in [1.29, 1.82) is 0 Å². The molecule has 4 N–H and O–H groups in total. The van der Waals surface area contributed by atoms with Crippen molar-refractivity contribution in [2.24, 2.45) is 0 Å². The summed E-state index contributed by atoms with van der Waals surface area (Å²) in [7, 11) is 0. The maximum atomic E-state index is 14.5. The molecule has 1 aliphatic carbocycles.